The van der Waals surface area contributed by atoms with Gasteiger partial charge in [-0.15, -0.1) is 0 Å². The van der Waals surface area contributed by atoms with E-state index in [1.807, 2.05) is 18.2 Å². The summed E-state index contributed by atoms with van der Waals surface area (Å²) in [4.78, 5) is 28.8. The summed E-state index contributed by atoms with van der Waals surface area (Å²) in [6.45, 7) is 2.36. The first-order chi connectivity index (χ1) is 30.1. The summed E-state index contributed by atoms with van der Waals surface area (Å²) < 4.78 is 164. The topological polar surface area (TPSA) is 127 Å². The average molecular weight is 1060 g/mol. The number of hydrogen-bond donors (Lipinski definition) is 0. The minimum atomic E-state index is -4.70. The van der Waals surface area contributed by atoms with E-state index in [0.717, 1.165) is 95.2 Å². The molecule has 0 bridgehead atoms. The minimum absolute atomic E-state index is 0.0725. The molecular formula is C44H37F8IN2O8S2. The number of hydrogen-bond acceptors (Lipinski definition) is 8. The van der Waals surface area contributed by atoms with E-state index in [1.54, 1.807) is 18.2 Å². The number of sulfone groups is 2. The van der Waals surface area contributed by atoms with Crippen molar-refractivity contribution in [2.24, 2.45) is 0 Å². The molecular weight excluding hydrogens is 1030 g/mol. The van der Waals surface area contributed by atoms with Gasteiger partial charge in [0.25, 0.3) is 11.8 Å². The van der Waals surface area contributed by atoms with Gasteiger partial charge in [-0.2, -0.15) is 26.3 Å². The number of rotatable bonds is 9. The maximum absolute atomic E-state index is 13.7. The highest BCUT2D eigenvalue weighted by molar-refractivity contribution is 14.1. The number of ether oxygens (including phenoxy) is 2. The zero-order valence-electron chi connectivity index (χ0n) is 34.5. The summed E-state index contributed by atoms with van der Waals surface area (Å²) in [6, 6.07) is 20.7. The Morgan fingerprint density at radius 2 is 0.954 bits per heavy atom. The second-order valence-corrected chi connectivity index (χ2v) is 20.6. The predicted molar refractivity (Wildman–Crippen MR) is 230 cm³/mol. The minimum Gasteiger partial charge on any atom is -0.480 e. The van der Waals surface area contributed by atoms with Crippen LogP contribution < -0.4 is 9.47 Å². The summed E-state index contributed by atoms with van der Waals surface area (Å²) in [5, 5.41) is 0. The van der Waals surface area contributed by atoms with Crippen LogP contribution in [0.3, 0.4) is 0 Å². The average Bonchev–Trinajstić information content (AvgIpc) is 3.84. The van der Waals surface area contributed by atoms with Crippen molar-refractivity contribution in [2.75, 3.05) is 12.5 Å². The molecule has 2 amide bonds. The normalized spacial score (nSPS) is 14.8. The van der Waals surface area contributed by atoms with E-state index >= 15 is 0 Å². The van der Waals surface area contributed by atoms with Crippen molar-refractivity contribution in [2.45, 2.75) is 74.4 Å². The SMILES string of the molecule is CC(Oc1ccc(S(C)(=O)=O)cc1C(=O)N1Cc2ccc(-c3ccc(F)c(F)c3)cc2C1)C(F)(F)F.C[C@H](Oc1ccc(S(C)(=O)=O)cc1C(=O)N1Cc2ccc(I)cc2C1)C(F)(F)F. The molecule has 10 nitrogen and oxygen atoms in total. The highest BCUT2D eigenvalue weighted by Gasteiger charge is 2.40. The van der Waals surface area contributed by atoms with Gasteiger partial charge in [-0.25, -0.2) is 25.6 Å². The van der Waals surface area contributed by atoms with Gasteiger partial charge >= 0.3 is 12.4 Å². The van der Waals surface area contributed by atoms with Crippen molar-refractivity contribution in [3.63, 3.8) is 0 Å². The van der Waals surface area contributed by atoms with E-state index in [-0.39, 0.29) is 52.8 Å². The van der Waals surface area contributed by atoms with Gasteiger partial charge in [0, 0.05) is 42.3 Å². The Kier molecular flexibility index (Phi) is 14.0. The van der Waals surface area contributed by atoms with E-state index in [9.17, 15) is 61.5 Å². The lowest BCUT2D eigenvalue weighted by atomic mass is 10.0. The lowest BCUT2D eigenvalue weighted by Crippen LogP contribution is -2.32. The van der Waals surface area contributed by atoms with E-state index in [1.165, 1.54) is 15.9 Å². The molecule has 21 heteroatoms. The van der Waals surface area contributed by atoms with Gasteiger partial charge in [0.05, 0.1) is 20.9 Å². The fourth-order valence-electron chi connectivity index (χ4n) is 6.77. The molecule has 0 saturated carbocycles. The number of nitrogens with zero attached hydrogens (tertiary/aromatic N) is 2. The molecule has 2 atom stereocenters. The number of benzene rings is 5. The van der Waals surface area contributed by atoms with Crippen molar-refractivity contribution in [1.82, 2.24) is 9.80 Å². The summed E-state index contributed by atoms with van der Waals surface area (Å²) in [5.74, 6) is -3.99. The van der Waals surface area contributed by atoms with Gasteiger partial charge in [-0.3, -0.25) is 9.59 Å². The van der Waals surface area contributed by atoms with Crippen molar-refractivity contribution in [3.8, 4) is 22.6 Å². The van der Waals surface area contributed by atoms with Crippen LogP contribution in [0.4, 0.5) is 35.1 Å². The fourth-order valence-corrected chi connectivity index (χ4v) is 8.62. The van der Waals surface area contributed by atoms with Gasteiger partial charge in [0.15, 0.2) is 43.5 Å². The van der Waals surface area contributed by atoms with Crippen LogP contribution in [0.5, 0.6) is 11.5 Å². The highest BCUT2D eigenvalue weighted by Crippen LogP contribution is 2.36. The Morgan fingerprint density at radius 1 is 0.554 bits per heavy atom. The second-order valence-electron chi connectivity index (χ2n) is 15.3. The van der Waals surface area contributed by atoms with Gasteiger partial charge in [0.1, 0.15) is 11.5 Å². The molecule has 0 fully saturated rings. The van der Waals surface area contributed by atoms with Gasteiger partial charge in [-0.05, 0) is 137 Å². The first kappa shape index (κ1) is 49.2. The predicted octanol–water partition coefficient (Wildman–Crippen LogP) is 9.70. The first-order valence-corrected chi connectivity index (χ1v) is 24.0. The van der Waals surface area contributed by atoms with Crippen LogP contribution in [0.2, 0.25) is 0 Å². The van der Waals surface area contributed by atoms with Crippen LogP contribution in [0.1, 0.15) is 56.8 Å². The van der Waals surface area contributed by atoms with Crippen LogP contribution in [0.15, 0.2) is 101 Å². The van der Waals surface area contributed by atoms with E-state index in [0.29, 0.717) is 16.7 Å². The summed E-state index contributed by atoms with van der Waals surface area (Å²) in [6.07, 6.45) is -11.8. The molecule has 2 aliphatic heterocycles. The monoisotopic (exact) mass is 1060 g/mol. The zero-order valence-corrected chi connectivity index (χ0v) is 38.3. The zero-order chi connectivity index (χ0) is 48.0. The molecule has 0 aliphatic carbocycles. The molecule has 0 N–H and O–H groups in total. The molecule has 1 unspecified atom stereocenters. The standard InChI is InChI=1S/C25H20F5NO4S.C19H17F3INO4S/c1-14(25(28,29)30)35-23-8-6-19(36(2,33)34)11-20(23)24(32)31-12-17-4-3-15(9-18(17)13-31)16-5-7-21(26)22(27)10-16;1-11(19(20,21)22)28-17-6-5-15(29(2,26)27)8-16(17)18(25)24-9-12-3-4-14(23)7-13(12)10-24/h3-11,14H,12-13H2,1-2H3;3-8,11H,9-10H2,1-2H3/t;11-/m.0/s1. The summed E-state index contributed by atoms with van der Waals surface area (Å²) in [7, 11) is -7.42. The molecule has 5 aromatic rings. The third kappa shape index (κ3) is 11.6. The molecule has 7 rings (SSSR count). The lowest BCUT2D eigenvalue weighted by Gasteiger charge is -2.22. The first-order valence-electron chi connectivity index (χ1n) is 19.2. The van der Waals surface area contributed by atoms with Crippen molar-refractivity contribution in [1.29, 1.82) is 0 Å². The van der Waals surface area contributed by atoms with E-state index < -0.39 is 73.4 Å². The molecule has 0 radical (unpaired) electrons. The Hall–Kier alpha value is -5.29. The molecule has 2 heterocycles. The fraction of sp³-hybridized carbons (Fsp3) is 0.273. The molecule has 5 aromatic carbocycles. The molecule has 0 saturated heterocycles. The molecule has 0 aromatic heterocycles. The largest absolute Gasteiger partial charge is 0.480 e. The second kappa shape index (κ2) is 18.5. The number of amides is 2. The molecule has 2 aliphatic rings. The third-order valence-corrected chi connectivity index (χ3v) is 13.3. The van der Waals surface area contributed by atoms with Crippen LogP contribution in [-0.2, 0) is 45.9 Å². The number of halogens is 9. The van der Waals surface area contributed by atoms with Crippen LogP contribution in [0, 0.1) is 15.2 Å². The number of carbonyl (C=O) groups excluding carboxylic acids is 2. The van der Waals surface area contributed by atoms with E-state index in [4.69, 9.17) is 9.47 Å². The maximum Gasteiger partial charge on any atom is 0.425 e. The van der Waals surface area contributed by atoms with Gasteiger partial charge < -0.3 is 19.3 Å². The molecule has 65 heavy (non-hydrogen) atoms. The van der Waals surface area contributed by atoms with Crippen LogP contribution in [-0.4, -0.2) is 75.5 Å². The van der Waals surface area contributed by atoms with Gasteiger partial charge in [0.2, 0.25) is 0 Å². The smallest absolute Gasteiger partial charge is 0.425 e. The maximum atomic E-state index is 13.7. The summed E-state index contributed by atoms with van der Waals surface area (Å²) in [5.41, 5.74) is 3.81. The Labute approximate surface area is 382 Å². The quantitative estimate of drug-likeness (QED) is 0.106. The Balaban J connectivity index is 0.000000221. The van der Waals surface area contributed by atoms with Gasteiger partial charge in [-0.1, -0.05) is 24.3 Å². The van der Waals surface area contributed by atoms with E-state index in [2.05, 4.69) is 22.6 Å². The molecule has 0 spiro atoms. The number of alkyl halides is 6. The van der Waals surface area contributed by atoms with Crippen molar-refractivity contribution >= 4 is 54.1 Å². The number of carbonyl (C=O) groups is 2. The lowest BCUT2D eigenvalue weighted by molar-refractivity contribution is -0.189. The third-order valence-electron chi connectivity index (χ3n) is 10.4. The summed E-state index contributed by atoms with van der Waals surface area (Å²) >= 11 is 2.15. The Morgan fingerprint density at radius 3 is 1.38 bits per heavy atom. The number of fused-ring (bicyclic) bond motifs is 2. The van der Waals surface area contributed by atoms with Crippen molar-refractivity contribution in [3.05, 3.63) is 140 Å². The highest BCUT2D eigenvalue weighted by atomic mass is 127. The molecule has 346 valence electrons. The van der Waals surface area contributed by atoms with Crippen LogP contribution >= 0.6 is 22.6 Å². The Bertz CT molecular complexity index is 2910. The van der Waals surface area contributed by atoms with Crippen LogP contribution in [0.25, 0.3) is 11.1 Å². The van der Waals surface area contributed by atoms with Crippen molar-refractivity contribution < 1.29 is 71.0 Å².